The Balaban J connectivity index is 2.57. The lowest BCUT2D eigenvalue weighted by Crippen LogP contribution is -1.94. The van der Waals surface area contributed by atoms with Crippen molar-refractivity contribution >= 4 is 5.65 Å². The maximum atomic E-state index is 5.02. The van der Waals surface area contributed by atoms with Crippen LogP contribution >= 0.6 is 0 Å². The van der Waals surface area contributed by atoms with Crippen molar-refractivity contribution in [1.82, 2.24) is 14.6 Å². The van der Waals surface area contributed by atoms with E-state index in [1.165, 1.54) is 6.33 Å². The molecule has 0 amide bonds. The van der Waals surface area contributed by atoms with Crippen molar-refractivity contribution < 1.29 is 4.74 Å². The number of fused-ring (bicyclic) bond motifs is 1. The largest absolute Gasteiger partial charge is 0.380 e. The molecule has 0 saturated carbocycles. The average molecular weight is 163 g/mol. The summed E-state index contributed by atoms with van der Waals surface area (Å²) in [4.78, 5) is 4.11. The normalized spacial score (nSPS) is 10.8. The predicted octanol–water partition coefficient (Wildman–Crippen LogP) is 0.876. The van der Waals surface area contributed by atoms with Gasteiger partial charge in [-0.1, -0.05) is 6.07 Å². The Labute approximate surface area is 69.8 Å². The second-order valence-corrected chi connectivity index (χ2v) is 2.49. The third-order valence-electron chi connectivity index (χ3n) is 1.68. The van der Waals surface area contributed by atoms with Gasteiger partial charge < -0.3 is 4.74 Å². The van der Waals surface area contributed by atoms with Crippen molar-refractivity contribution in [2.75, 3.05) is 7.11 Å². The Hall–Kier alpha value is -1.42. The Kier molecular flexibility index (Phi) is 1.75. The lowest BCUT2D eigenvalue weighted by Gasteiger charge is -1.99. The Morgan fingerprint density at radius 2 is 2.50 bits per heavy atom. The molecular weight excluding hydrogens is 154 g/mol. The second-order valence-electron chi connectivity index (χ2n) is 2.49. The molecule has 0 saturated heterocycles. The van der Waals surface area contributed by atoms with Gasteiger partial charge in [-0.25, -0.2) is 9.50 Å². The van der Waals surface area contributed by atoms with Gasteiger partial charge in [-0.15, -0.1) is 0 Å². The van der Waals surface area contributed by atoms with Crippen LogP contribution in [0.5, 0.6) is 0 Å². The van der Waals surface area contributed by atoms with E-state index < -0.39 is 0 Å². The molecule has 0 aliphatic heterocycles. The molecule has 12 heavy (non-hydrogen) atoms. The lowest BCUT2D eigenvalue weighted by atomic mass is 10.3. The van der Waals surface area contributed by atoms with Gasteiger partial charge in [-0.2, -0.15) is 5.10 Å². The first-order valence-corrected chi connectivity index (χ1v) is 3.68. The first kappa shape index (κ1) is 7.24. The van der Waals surface area contributed by atoms with E-state index >= 15 is 0 Å². The molecule has 2 aromatic rings. The van der Waals surface area contributed by atoms with Gasteiger partial charge >= 0.3 is 0 Å². The number of nitrogens with zero attached hydrogens (tertiary/aromatic N) is 3. The van der Waals surface area contributed by atoms with Gasteiger partial charge in [-0.3, -0.25) is 0 Å². The molecule has 2 rings (SSSR count). The van der Waals surface area contributed by atoms with Crippen molar-refractivity contribution in [3.8, 4) is 0 Å². The number of aromatic nitrogens is 3. The number of ether oxygens (including phenoxy) is 1. The summed E-state index contributed by atoms with van der Waals surface area (Å²) < 4.78 is 6.75. The fourth-order valence-corrected chi connectivity index (χ4v) is 1.17. The molecule has 0 aromatic carbocycles. The van der Waals surface area contributed by atoms with E-state index in [1.54, 1.807) is 11.6 Å². The standard InChI is InChI=1S/C8H9N3O/c1-12-5-7-3-2-4-11-8(7)9-6-10-11/h2-4,6H,5H2,1H3. The van der Waals surface area contributed by atoms with Crippen molar-refractivity contribution in [3.63, 3.8) is 0 Å². The zero-order chi connectivity index (χ0) is 8.39. The van der Waals surface area contributed by atoms with Crippen LogP contribution in [-0.4, -0.2) is 21.7 Å². The number of pyridine rings is 1. The highest BCUT2D eigenvalue weighted by molar-refractivity contribution is 5.45. The number of methoxy groups -OCH3 is 1. The van der Waals surface area contributed by atoms with E-state index in [1.807, 2.05) is 18.3 Å². The van der Waals surface area contributed by atoms with E-state index in [2.05, 4.69) is 10.1 Å². The molecule has 2 heterocycles. The molecule has 62 valence electrons. The van der Waals surface area contributed by atoms with Crippen molar-refractivity contribution in [3.05, 3.63) is 30.2 Å². The summed E-state index contributed by atoms with van der Waals surface area (Å²) in [7, 11) is 1.67. The van der Waals surface area contributed by atoms with E-state index in [0.29, 0.717) is 6.61 Å². The van der Waals surface area contributed by atoms with Crippen LogP contribution in [0.3, 0.4) is 0 Å². The molecule has 0 unspecified atom stereocenters. The van der Waals surface area contributed by atoms with E-state index in [4.69, 9.17) is 4.74 Å². The van der Waals surface area contributed by atoms with Gasteiger partial charge in [0.05, 0.1) is 6.61 Å². The molecule has 0 fully saturated rings. The number of rotatable bonds is 2. The quantitative estimate of drug-likeness (QED) is 0.659. The summed E-state index contributed by atoms with van der Waals surface area (Å²) in [5.41, 5.74) is 1.91. The first-order chi connectivity index (χ1) is 5.92. The summed E-state index contributed by atoms with van der Waals surface area (Å²) in [6.45, 7) is 0.572. The van der Waals surface area contributed by atoms with Crippen LogP contribution in [0.4, 0.5) is 0 Å². The molecule has 0 N–H and O–H groups in total. The SMILES string of the molecule is COCc1cccn2ncnc12. The van der Waals surface area contributed by atoms with Crippen LogP contribution < -0.4 is 0 Å². The average Bonchev–Trinajstić information content (AvgIpc) is 2.53. The highest BCUT2D eigenvalue weighted by atomic mass is 16.5. The topological polar surface area (TPSA) is 39.4 Å². The highest BCUT2D eigenvalue weighted by Crippen LogP contribution is 2.07. The fraction of sp³-hybridized carbons (Fsp3) is 0.250. The third kappa shape index (κ3) is 1.06. The summed E-state index contributed by atoms with van der Waals surface area (Å²) in [6, 6.07) is 3.91. The molecule has 0 aliphatic carbocycles. The molecule has 0 aliphatic rings. The van der Waals surface area contributed by atoms with Crippen molar-refractivity contribution in [1.29, 1.82) is 0 Å². The Morgan fingerprint density at radius 3 is 3.33 bits per heavy atom. The molecule has 0 spiro atoms. The van der Waals surface area contributed by atoms with Gasteiger partial charge in [0.15, 0.2) is 5.65 Å². The molecule has 4 heteroatoms. The second kappa shape index (κ2) is 2.91. The van der Waals surface area contributed by atoms with Crippen LogP contribution in [0.15, 0.2) is 24.7 Å². The van der Waals surface area contributed by atoms with Crippen LogP contribution in [-0.2, 0) is 11.3 Å². The zero-order valence-corrected chi connectivity index (χ0v) is 6.77. The van der Waals surface area contributed by atoms with Crippen molar-refractivity contribution in [2.45, 2.75) is 6.61 Å². The highest BCUT2D eigenvalue weighted by Gasteiger charge is 2.00. The van der Waals surface area contributed by atoms with Gasteiger partial charge in [0.2, 0.25) is 0 Å². The minimum Gasteiger partial charge on any atom is -0.380 e. The molecule has 2 aromatic heterocycles. The summed E-state index contributed by atoms with van der Waals surface area (Å²) >= 11 is 0. The molecule has 4 nitrogen and oxygen atoms in total. The van der Waals surface area contributed by atoms with Gasteiger partial charge in [0.25, 0.3) is 0 Å². The summed E-state index contributed by atoms with van der Waals surface area (Å²) in [5.74, 6) is 0. The van der Waals surface area contributed by atoms with E-state index in [0.717, 1.165) is 11.2 Å². The Morgan fingerprint density at radius 1 is 1.58 bits per heavy atom. The summed E-state index contributed by atoms with van der Waals surface area (Å²) in [5, 5.41) is 4.01. The maximum Gasteiger partial charge on any atom is 0.160 e. The Bertz CT molecular complexity index is 382. The fourth-order valence-electron chi connectivity index (χ4n) is 1.17. The zero-order valence-electron chi connectivity index (χ0n) is 6.77. The molecule has 0 radical (unpaired) electrons. The third-order valence-corrected chi connectivity index (χ3v) is 1.68. The minimum atomic E-state index is 0.572. The van der Waals surface area contributed by atoms with Crippen LogP contribution in [0, 0.1) is 0 Å². The smallest absolute Gasteiger partial charge is 0.160 e. The van der Waals surface area contributed by atoms with Gasteiger partial charge in [-0.05, 0) is 6.07 Å². The summed E-state index contributed by atoms with van der Waals surface area (Å²) in [6.07, 6.45) is 3.40. The van der Waals surface area contributed by atoms with Crippen LogP contribution in [0.1, 0.15) is 5.56 Å². The van der Waals surface area contributed by atoms with Crippen LogP contribution in [0.25, 0.3) is 5.65 Å². The van der Waals surface area contributed by atoms with E-state index in [-0.39, 0.29) is 0 Å². The first-order valence-electron chi connectivity index (χ1n) is 3.68. The monoisotopic (exact) mass is 163 g/mol. The number of hydrogen-bond acceptors (Lipinski definition) is 3. The van der Waals surface area contributed by atoms with E-state index in [9.17, 15) is 0 Å². The minimum absolute atomic E-state index is 0.572. The predicted molar refractivity (Wildman–Crippen MR) is 43.7 cm³/mol. The number of hydrogen-bond donors (Lipinski definition) is 0. The maximum absolute atomic E-state index is 5.02. The molecular formula is C8H9N3O. The van der Waals surface area contributed by atoms with Gasteiger partial charge in [0, 0.05) is 18.9 Å². The lowest BCUT2D eigenvalue weighted by molar-refractivity contribution is 0.185. The molecule has 0 bridgehead atoms. The van der Waals surface area contributed by atoms with Crippen molar-refractivity contribution in [2.24, 2.45) is 0 Å². The van der Waals surface area contributed by atoms with Gasteiger partial charge in [0.1, 0.15) is 6.33 Å². The van der Waals surface area contributed by atoms with Crippen LogP contribution in [0.2, 0.25) is 0 Å². The molecule has 0 atom stereocenters.